The molecule has 18 heavy (non-hydrogen) atoms. The maximum Gasteiger partial charge on any atom is 0.246 e. The number of nitrogens with one attached hydrogen (secondary N) is 1. The fourth-order valence-corrected chi connectivity index (χ4v) is 1.94. The van der Waals surface area contributed by atoms with Crippen LogP contribution in [0.5, 0.6) is 0 Å². The standard InChI is InChI=1S/C12H13BrN4O/c1-17-7-8(6-15-17)11(14)12(18)16-10-4-2-3-9(13)5-10/h2-7,11H,14H2,1H3,(H,16,18). The average molecular weight is 309 g/mol. The van der Waals surface area contributed by atoms with Gasteiger partial charge < -0.3 is 11.1 Å². The highest BCUT2D eigenvalue weighted by atomic mass is 79.9. The highest BCUT2D eigenvalue weighted by molar-refractivity contribution is 9.10. The SMILES string of the molecule is Cn1cc(C(N)C(=O)Nc2cccc(Br)c2)cn1. The van der Waals surface area contributed by atoms with Gasteiger partial charge in [-0.3, -0.25) is 9.48 Å². The third kappa shape index (κ3) is 2.96. The van der Waals surface area contributed by atoms with Gasteiger partial charge in [-0.2, -0.15) is 5.10 Å². The number of hydrogen-bond acceptors (Lipinski definition) is 3. The van der Waals surface area contributed by atoms with Gasteiger partial charge >= 0.3 is 0 Å². The zero-order chi connectivity index (χ0) is 13.1. The lowest BCUT2D eigenvalue weighted by atomic mass is 10.1. The molecule has 2 rings (SSSR count). The Kier molecular flexibility index (Phi) is 3.78. The largest absolute Gasteiger partial charge is 0.324 e. The van der Waals surface area contributed by atoms with E-state index in [1.165, 1.54) is 0 Å². The second-order valence-electron chi connectivity index (χ2n) is 3.92. The monoisotopic (exact) mass is 308 g/mol. The molecule has 0 aliphatic carbocycles. The van der Waals surface area contributed by atoms with E-state index in [2.05, 4.69) is 26.3 Å². The van der Waals surface area contributed by atoms with Crippen LogP contribution >= 0.6 is 15.9 Å². The molecule has 1 heterocycles. The van der Waals surface area contributed by atoms with E-state index in [0.717, 1.165) is 4.47 Å². The molecule has 0 aliphatic heterocycles. The lowest BCUT2D eigenvalue weighted by Crippen LogP contribution is -2.27. The fourth-order valence-electron chi connectivity index (χ4n) is 1.54. The molecule has 0 aliphatic rings. The van der Waals surface area contributed by atoms with Crippen LogP contribution in [0.15, 0.2) is 41.1 Å². The van der Waals surface area contributed by atoms with Gasteiger partial charge in [0.05, 0.1) is 6.20 Å². The Morgan fingerprint density at radius 2 is 2.33 bits per heavy atom. The highest BCUT2D eigenvalue weighted by Gasteiger charge is 2.17. The van der Waals surface area contributed by atoms with Gasteiger partial charge in [0.15, 0.2) is 0 Å². The minimum absolute atomic E-state index is 0.263. The average Bonchev–Trinajstić information content (AvgIpc) is 2.75. The predicted molar refractivity (Wildman–Crippen MR) is 72.9 cm³/mol. The van der Waals surface area contributed by atoms with Crippen LogP contribution in [0.4, 0.5) is 5.69 Å². The number of amides is 1. The molecular weight excluding hydrogens is 296 g/mol. The van der Waals surface area contributed by atoms with E-state index in [0.29, 0.717) is 11.3 Å². The Hall–Kier alpha value is -1.66. The molecule has 3 N–H and O–H groups in total. The van der Waals surface area contributed by atoms with Crippen molar-refractivity contribution in [3.63, 3.8) is 0 Å². The number of nitrogens with zero attached hydrogens (tertiary/aromatic N) is 2. The van der Waals surface area contributed by atoms with Gasteiger partial charge in [0.2, 0.25) is 5.91 Å². The summed E-state index contributed by atoms with van der Waals surface area (Å²) in [7, 11) is 1.78. The molecule has 5 nitrogen and oxygen atoms in total. The predicted octanol–water partition coefficient (Wildman–Crippen LogP) is 1.82. The zero-order valence-electron chi connectivity index (χ0n) is 9.80. The van der Waals surface area contributed by atoms with Crippen LogP contribution in [0.3, 0.4) is 0 Å². The van der Waals surface area contributed by atoms with Crippen LogP contribution in [0, 0.1) is 0 Å². The summed E-state index contributed by atoms with van der Waals surface area (Å²) in [5.41, 5.74) is 7.25. The summed E-state index contributed by atoms with van der Waals surface area (Å²) in [6.07, 6.45) is 3.32. The normalized spacial score (nSPS) is 12.2. The molecule has 0 spiro atoms. The van der Waals surface area contributed by atoms with Crippen molar-refractivity contribution in [2.45, 2.75) is 6.04 Å². The van der Waals surface area contributed by atoms with Gasteiger partial charge in [0, 0.05) is 29.0 Å². The number of carbonyl (C=O) groups excluding carboxylic acids is 1. The number of halogens is 1. The van der Waals surface area contributed by atoms with Crippen LogP contribution in [-0.2, 0) is 11.8 Å². The molecule has 0 fully saturated rings. The number of nitrogens with two attached hydrogens (primary N) is 1. The molecular formula is C12H13BrN4O. The number of benzene rings is 1. The smallest absolute Gasteiger partial charge is 0.246 e. The van der Waals surface area contributed by atoms with Crippen LogP contribution < -0.4 is 11.1 Å². The number of aryl methyl sites for hydroxylation is 1. The first-order chi connectivity index (χ1) is 8.56. The van der Waals surface area contributed by atoms with Gasteiger partial charge in [0.1, 0.15) is 6.04 Å². The first-order valence-electron chi connectivity index (χ1n) is 5.37. The van der Waals surface area contributed by atoms with Gasteiger partial charge in [-0.05, 0) is 18.2 Å². The molecule has 1 atom stereocenters. The highest BCUT2D eigenvalue weighted by Crippen LogP contribution is 2.17. The Balaban J connectivity index is 2.08. The summed E-state index contributed by atoms with van der Waals surface area (Å²) in [5.74, 6) is -0.263. The minimum atomic E-state index is -0.724. The number of aromatic nitrogens is 2. The van der Waals surface area contributed by atoms with Crippen molar-refractivity contribution in [3.05, 3.63) is 46.7 Å². The summed E-state index contributed by atoms with van der Waals surface area (Å²) < 4.78 is 2.51. The van der Waals surface area contributed by atoms with Crippen molar-refractivity contribution in [3.8, 4) is 0 Å². The van der Waals surface area contributed by atoms with Crippen molar-refractivity contribution in [1.82, 2.24) is 9.78 Å². The van der Waals surface area contributed by atoms with Crippen LogP contribution in [-0.4, -0.2) is 15.7 Å². The minimum Gasteiger partial charge on any atom is -0.324 e. The first kappa shape index (κ1) is 12.8. The number of carbonyl (C=O) groups is 1. The van der Waals surface area contributed by atoms with Crippen LogP contribution in [0.1, 0.15) is 11.6 Å². The Morgan fingerprint density at radius 3 is 2.94 bits per heavy atom. The van der Waals surface area contributed by atoms with Crippen molar-refractivity contribution in [1.29, 1.82) is 0 Å². The van der Waals surface area contributed by atoms with E-state index in [1.807, 2.05) is 18.2 Å². The van der Waals surface area contributed by atoms with Crippen molar-refractivity contribution >= 4 is 27.5 Å². The Bertz CT molecular complexity index is 567. The summed E-state index contributed by atoms with van der Waals surface area (Å²) in [6.45, 7) is 0. The zero-order valence-corrected chi connectivity index (χ0v) is 11.4. The summed E-state index contributed by atoms with van der Waals surface area (Å²) in [6, 6.07) is 6.62. The number of rotatable bonds is 3. The van der Waals surface area contributed by atoms with E-state index < -0.39 is 6.04 Å². The molecule has 6 heteroatoms. The molecule has 94 valence electrons. The van der Waals surface area contributed by atoms with E-state index in [9.17, 15) is 4.79 Å². The summed E-state index contributed by atoms with van der Waals surface area (Å²) in [5, 5.41) is 6.75. The van der Waals surface area contributed by atoms with Gasteiger partial charge in [0.25, 0.3) is 0 Å². The molecule has 0 radical (unpaired) electrons. The summed E-state index contributed by atoms with van der Waals surface area (Å²) >= 11 is 3.34. The quantitative estimate of drug-likeness (QED) is 0.908. The van der Waals surface area contributed by atoms with E-state index >= 15 is 0 Å². The lowest BCUT2D eigenvalue weighted by Gasteiger charge is -2.10. The molecule has 2 aromatic rings. The van der Waals surface area contributed by atoms with E-state index in [1.54, 1.807) is 30.2 Å². The van der Waals surface area contributed by atoms with Crippen LogP contribution in [0.2, 0.25) is 0 Å². The molecule has 1 aromatic heterocycles. The van der Waals surface area contributed by atoms with Crippen molar-refractivity contribution < 1.29 is 4.79 Å². The van der Waals surface area contributed by atoms with E-state index in [4.69, 9.17) is 5.73 Å². The number of hydrogen-bond donors (Lipinski definition) is 2. The molecule has 0 saturated heterocycles. The lowest BCUT2D eigenvalue weighted by molar-refractivity contribution is -0.117. The Labute approximate surface area is 113 Å². The molecule has 1 amide bonds. The second kappa shape index (κ2) is 5.32. The second-order valence-corrected chi connectivity index (χ2v) is 4.84. The van der Waals surface area contributed by atoms with E-state index in [-0.39, 0.29) is 5.91 Å². The molecule has 1 unspecified atom stereocenters. The molecule has 0 saturated carbocycles. The Morgan fingerprint density at radius 1 is 1.56 bits per heavy atom. The summed E-state index contributed by atoms with van der Waals surface area (Å²) in [4.78, 5) is 11.9. The fraction of sp³-hybridized carbons (Fsp3) is 0.167. The maximum absolute atomic E-state index is 11.9. The van der Waals surface area contributed by atoms with Gasteiger partial charge in [-0.25, -0.2) is 0 Å². The topological polar surface area (TPSA) is 72.9 Å². The third-order valence-electron chi connectivity index (χ3n) is 2.46. The maximum atomic E-state index is 11.9. The van der Waals surface area contributed by atoms with Crippen molar-refractivity contribution in [2.24, 2.45) is 12.8 Å². The third-order valence-corrected chi connectivity index (χ3v) is 2.95. The van der Waals surface area contributed by atoms with Crippen molar-refractivity contribution in [2.75, 3.05) is 5.32 Å². The first-order valence-corrected chi connectivity index (χ1v) is 6.16. The molecule has 1 aromatic carbocycles. The number of anilines is 1. The van der Waals surface area contributed by atoms with Crippen LogP contribution in [0.25, 0.3) is 0 Å². The van der Waals surface area contributed by atoms with Gasteiger partial charge in [-0.15, -0.1) is 0 Å². The van der Waals surface area contributed by atoms with Gasteiger partial charge in [-0.1, -0.05) is 22.0 Å². The molecule has 0 bridgehead atoms.